The molecule has 0 spiro atoms. The molecule has 0 bridgehead atoms. The van der Waals surface area contributed by atoms with Crippen LogP contribution in [0.25, 0.3) is 11.2 Å². The molecule has 5 amide bonds. The maximum absolute atomic E-state index is 12.9. The first kappa shape index (κ1) is 34.9. The summed E-state index contributed by atoms with van der Waals surface area (Å²) in [6.07, 6.45) is 2.79. The molecule has 1 aliphatic carbocycles. The average molecular weight is 732 g/mol. The lowest BCUT2D eigenvalue weighted by atomic mass is 9.91. The second kappa shape index (κ2) is 14.7. The number of hydrogen-bond donors (Lipinski definition) is 6. The van der Waals surface area contributed by atoms with E-state index in [1.807, 2.05) is 41.3 Å². The maximum Gasteiger partial charge on any atom is 0.325 e. The van der Waals surface area contributed by atoms with Gasteiger partial charge in [0.25, 0.3) is 5.91 Å². The monoisotopic (exact) mass is 731 g/mol. The minimum absolute atomic E-state index is 0.0271. The van der Waals surface area contributed by atoms with Crippen molar-refractivity contribution in [3.05, 3.63) is 103 Å². The van der Waals surface area contributed by atoms with Gasteiger partial charge < -0.3 is 40.9 Å². The number of pyridine rings is 1. The number of urea groups is 2. The molecule has 3 fully saturated rings. The molecule has 1 saturated carbocycles. The number of rotatable bonds is 10. The summed E-state index contributed by atoms with van der Waals surface area (Å²) in [5.74, 6) is 0.387. The number of nitrogens with zero attached hydrogens (tertiary/aromatic N) is 7. The number of imidazole rings is 1. The zero-order valence-corrected chi connectivity index (χ0v) is 29.5. The fourth-order valence-electron chi connectivity index (χ4n) is 7.72. The Hall–Kier alpha value is -6.13. The van der Waals surface area contributed by atoms with Gasteiger partial charge in [-0.15, -0.1) is 0 Å². The normalized spacial score (nSPS) is 24.0. The van der Waals surface area contributed by atoms with Gasteiger partial charge in [-0.2, -0.15) is 9.97 Å². The highest BCUT2D eigenvalue weighted by atomic mass is 16.3. The molecule has 278 valence electrons. The molecule has 16 nitrogen and oxygen atoms in total. The summed E-state index contributed by atoms with van der Waals surface area (Å²) in [5.41, 5.74) is 3.68. The standard InChI is InChI=1S/C38H41N11O5/c1-22-35(52)49(38(54)42-22)29-17-28(31(50)32(29)51)48-21-41-30-33(40-19-27(23-9-4-2-5-10-23)24-11-6-3-7-12-24)45-36(46-34(30)48)47-16-14-26(20-47)44-37(53)43-25-13-8-15-39-18-25/h2-13,15,18,21-22,26-29,31-32,50-51H,14,16-17,19-20H2,1H3,(H,42,54)(H,40,45,46)(H2,43,44,53)/t22?,26?,28-,29+,31+,32-/m1/s1. The van der Waals surface area contributed by atoms with Crippen molar-refractivity contribution < 1.29 is 24.6 Å². The van der Waals surface area contributed by atoms with Gasteiger partial charge in [-0.1, -0.05) is 60.7 Å². The third-order valence-corrected chi connectivity index (χ3v) is 10.5. The van der Waals surface area contributed by atoms with Gasteiger partial charge in [-0.3, -0.25) is 14.7 Å². The van der Waals surface area contributed by atoms with Crippen LogP contribution in [-0.2, 0) is 4.79 Å². The highest BCUT2D eigenvalue weighted by molar-refractivity contribution is 6.04. The summed E-state index contributed by atoms with van der Waals surface area (Å²) < 4.78 is 1.69. The SMILES string of the molecule is CC1NC(=O)N([C@H]2C[C@@H](n3cnc4c(NCC(c5ccccc5)c5ccccc5)nc(N5CCC(NC(=O)Nc6cccnc6)C5)nc43)[C@H](O)[C@@H]2O)C1=O. The molecule has 5 aromatic rings. The number of fused-ring (bicyclic) bond motifs is 1. The first-order chi connectivity index (χ1) is 26.2. The molecule has 8 rings (SSSR count). The van der Waals surface area contributed by atoms with E-state index in [0.717, 1.165) is 16.0 Å². The van der Waals surface area contributed by atoms with Crippen molar-refractivity contribution in [2.75, 3.05) is 35.2 Å². The topological polar surface area (TPSA) is 203 Å². The average Bonchev–Trinajstić information content (AvgIpc) is 3.95. The Labute approximate surface area is 310 Å². The third kappa shape index (κ3) is 6.76. The quantitative estimate of drug-likeness (QED) is 0.115. The van der Waals surface area contributed by atoms with E-state index in [1.165, 1.54) is 0 Å². The fraction of sp³-hybridized carbons (Fsp3) is 0.342. The van der Waals surface area contributed by atoms with Crippen molar-refractivity contribution in [1.82, 2.24) is 40.0 Å². The summed E-state index contributed by atoms with van der Waals surface area (Å²) in [5, 5.41) is 34.5. The van der Waals surface area contributed by atoms with E-state index < -0.39 is 42.3 Å². The third-order valence-electron chi connectivity index (χ3n) is 10.5. The second-order valence-corrected chi connectivity index (χ2v) is 14.0. The van der Waals surface area contributed by atoms with Crippen LogP contribution in [-0.4, -0.2) is 108 Å². The Morgan fingerprint density at radius 3 is 2.35 bits per heavy atom. The number of anilines is 3. The van der Waals surface area contributed by atoms with Gasteiger partial charge in [-0.05, 0) is 43.0 Å². The van der Waals surface area contributed by atoms with Crippen LogP contribution in [0.15, 0.2) is 91.5 Å². The van der Waals surface area contributed by atoms with Crippen LogP contribution in [0, 0.1) is 0 Å². The zero-order valence-electron chi connectivity index (χ0n) is 29.5. The Bertz CT molecular complexity index is 2100. The lowest BCUT2D eigenvalue weighted by molar-refractivity contribution is -0.130. The number of benzene rings is 2. The molecule has 54 heavy (non-hydrogen) atoms. The van der Waals surface area contributed by atoms with E-state index in [4.69, 9.17) is 15.0 Å². The van der Waals surface area contributed by atoms with Crippen LogP contribution in [0.1, 0.15) is 42.9 Å². The molecular weight excluding hydrogens is 690 g/mol. The van der Waals surface area contributed by atoms with Crippen molar-refractivity contribution in [1.29, 1.82) is 0 Å². The van der Waals surface area contributed by atoms with Crippen molar-refractivity contribution >= 4 is 46.6 Å². The maximum atomic E-state index is 12.9. The lowest BCUT2D eigenvalue weighted by Crippen LogP contribution is -2.47. The number of amides is 5. The molecule has 0 radical (unpaired) electrons. The van der Waals surface area contributed by atoms with Crippen LogP contribution in [0.5, 0.6) is 0 Å². The minimum Gasteiger partial charge on any atom is -0.388 e. The van der Waals surface area contributed by atoms with Gasteiger partial charge in [-0.25, -0.2) is 14.6 Å². The van der Waals surface area contributed by atoms with Crippen LogP contribution in [0.3, 0.4) is 0 Å². The van der Waals surface area contributed by atoms with Crippen molar-refractivity contribution in [3.8, 4) is 0 Å². The first-order valence-electron chi connectivity index (χ1n) is 18.1. The second-order valence-electron chi connectivity index (χ2n) is 14.0. The predicted molar refractivity (Wildman–Crippen MR) is 200 cm³/mol. The molecule has 16 heteroatoms. The molecule has 3 aliphatic rings. The van der Waals surface area contributed by atoms with Gasteiger partial charge in [0.2, 0.25) is 5.95 Å². The number of hydrogen-bond acceptors (Lipinski definition) is 11. The molecular formula is C38H41N11O5. The number of nitrogens with one attached hydrogen (secondary N) is 4. The molecule has 2 saturated heterocycles. The molecule has 5 heterocycles. The highest BCUT2D eigenvalue weighted by Gasteiger charge is 2.51. The number of aliphatic hydroxyl groups excluding tert-OH is 2. The van der Waals surface area contributed by atoms with E-state index >= 15 is 0 Å². The summed E-state index contributed by atoms with van der Waals surface area (Å²) in [6, 6.07) is 20.3. The molecule has 2 aromatic carbocycles. The van der Waals surface area contributed by atoms with Crippen LogP contribution < -0.4 is 26.2 Å². The van der Waals surface area contributed by atoms with Crippen LogP contribution >= 0.6 is 0 Å². The smallest absolute Gasteiger partial charge is 0.325 e. The van der Waals surface area contributed by atoms with E-state index in [0.29, 0.717) is 54.7 Å². The van der Waals surface area contributed by atoms with E-state index in [1.54, 1.807) is 42.3 Å². The Kier molecular flexibility index (Phi) is 9.52. The van der Waals surface area contributed by atoms with Gasteiger partial charge in [0, 0.05) is 37.8 Å². The molecule has 6 N–H and O–H groups in total. The summed E-state index contributed by atoms with van der Waals surface area (Å²) >= 11 is 0. The highest BCUT2D eigenvalue weighted by Crippen LogP contribution is 2.38. The van der Waals surface area contributed by atoms with Gasteiger partial charge in [0.15, 0.2) is 17.0 Å². The predicted octanol–water partition coefficient (Wildman–Crippen LogP) is 2.84. The summed E-state index contributed by atoms with van der Waals surface area (Å²) in [7, 11) is 0. The van der Waals surface area contributed by atoms with Gasteiger partial charge in [0.1, 0.15) is 18.2 Å². The Morgan fingerprint density at radius 2 is 1.69 bits per heavy atom. The lowest BCUT2D eigenvalue weighted by Gasteiger charge is -2.24. The molecule has 2 unspecified atom stereocenters. The number of imide groups is 1. The zero-order chi connectivity index (χ0) is 37.3. The van der Waals surface area contributed by atoms with Crippen LogP contribution in [0.4, 0.5) is 27.0 Å². The van der Waals surface area contributed by atoms with Crippen LogP contribution in [0.2, 0.25) is 0 Å². The summed E-state index contributed by atoms with van der Waals surface area (Å²) in [4.78, 5) is 60.1. The number of aliphatic hydroxyl groups is 2. The van der Waals surface area contributed by atoms with Crippen molar-refractivity contribution in [2.24, 2.45) is 0 Å². The van der Waals surface area contributed by atoms with E-state index in [9.17, 15) is 24.6 Å². The minimum atomic E-state index is -1.38. The van der Waals surface area contributed by atoms with E-state index in [2.05, 4.69) is 50.5 Å². The number of carbonyl (C=O) groups excluding carboxylic acids is 3. The summed E-state index contributed by atoms with van der Waals surface area (Å²) in [6.45, 7) is 3.05. The number of aromatic nitrogens is 5. The van der Waals surface area contributed by atoms with Crippen molar-refractivity contribution in [2.45, 2.75) is 62.1 Å². The molecule has 2 aliphatic heterocycles. The largest absolute Gasteiger partial charge is 0.388 e. The molecule has 3 aromatic heterocycles. The fourth-order valence-corrected chi connectivity index (χ4v) is 7.72. The van der Waals surface area contributed by atoms with Crippen molar-refractivity contribution in [3.63, 3.8) is 0 Å². The Morgan fingerprint density at radius 1 is 0.963 bits per heavy atom. The molecule has 6 atom stereocenters. The van der Waals surface area contributed by atoms with E-state index in [-0.39, 0.29) is 24.4 Å². The van der Waals surface area contributed by atoms with Gasteiger partial charge >= 0.3 is 12.1 Å². The first-order valence-corrected chi connectivity index (χ1v) is 18.1. The van der Waals surface area contributed by atoms with Gasteiger partial charge in [0.05, 0.1) is 30.3 Å². The Balaban J connectivity index is 1.11. The number of carbonyl (C=O) groups is 3.